The monoisotopic (exact) mass is 408 g/mol. The Kier molecular flexibility index (Phi) is 5.32. The highest BCUT2D eigenvalue weighted by atomic mass is 32.1. The van der Waals surface area contributed by atoms with Crippen LogP contribution >= 0.6 is 11.3 Å². The average molecular weight is 408 g/mol. The molecule has 148 valence electrons. The van der Waals surface area contributed by atoms with Crippen LogP contribution in [0.4, 0.5) is 5.00 Å². The maximum atomic E-state index is 12.3. The van der Waals surface area contributed by atoms with E-state index < -0.39 is 18.5 Å². The topological polar surface area (TPSA) is 97.0 Å². The largest absolute Gasteiger partial charge is 0.454 e. The Morgan fingerprint density at radius 1 is 1.41 bits per heavy atom. The summed E-state index contributed by atoms with van der Waals surface area (Å²) in [5.41, 5.74) is 3.21. The Labute approximate surface area is 171 Å². The maximum Gasteiger partial charge on any atom is 0.326 e. The van der Waals surface area contributed by atoms with Gasteiger partial charge in [-0.15, -0.1) is 11.3 Å². The van der Waals surface area contributed by atoms with E-state index in [1.54, 1.807) is 10.9 Å². The number of aromatic nitrogens is 2. The van der Waals surface area contributed by atoms with Gasteiger partial charge in [-0.25, -0.2) is 4.98 Å². The number of nitrogens with zero attached hydrogens (tertiary/aromatic N) is 3. The zero-order valence-corrected chi connectivity index (χ0v) is 16.8. The first kappa shape index (κ1) is 19.2. The first-order valence-electron chi connectivity index (χ1n) is 9.45. The Hall–Kier alpha value is -3.18. The number of amides is 1. The highest BCUT2D eigenvalue weighted by Crippen LogP contribution is 2.39. The molecule has 2 aromatic heterocycles. The molecule has 2 heterocycles. The molecular formula is C21H20N4O3S. The van der Waals surface area contributed by atoms with Crippen LogP contribution in [0.25, 0.3) is 11.0 Å². The molecule has 0 radical (unpaired) electrons. The van der Waals surface area contributed by atoms with E-state index in [1.165, 1.54) is 16.2 Å². The van der Waals surface area contributed by atoms with Gasteiger partial charge in [0.25, 0.3) is 5.91 Å². The molecule has 1 atom stereocenters. The van der Waals surface area contributed by atoms with Crippen molar-refractivity contribution in [3.05, 3.63) is 46.6 Å². The van der Waals surface area contributed by atoms with Crippen molar-refractivity contribution in [2.45, 2.75) is 32.7 Å². The predicted molar refractivity (Wildman–Crippen MR) is 110 cm³/mol. The van der Waals surface area contributed by atoms with Crippen molar-refractivity contribution in [2.75, 3.05) is 11.9 Å². The van der Waals surface area contributed by atoms with Crippen LogP contribution in [0.15, 0.2) is 30.6 Å². The third-order valence-corrected chi connectivity index (χ3v) is 6.24. The standard InChI is InChI=1S/C21H20N4O3S/c1-13-6-7-14-15(9-22)21(29-18(14)8-13)24-19(26)11-28-20(27)10-25-12-23-16-4-2-3-5-17(16)25/h2-5,12-13H,6-8,10-11H2,1H3,(H,24,26)/t13-/m1/s1. The van der Waals surface area contributed by atoms with Crippen molar-refractivity contribution in [2.24, 2.45) is 5.92 Å². The third kappa shape index (κ3) is 4.00. The molecular weight excluding hydrogens is 388 g/mol. The minimum atomic E-state index is -0.525. The van der Waals surface area contributed by atoms with Crippen LogP contribution in [0.1, 0.15) is 29.3 Å². The molecule has 0 saturated heterocycles. The first-order chi connectivity index (χ1) is 14.0. The smallest absolute Gasteiger partial charge is 0.326 e. The van der Waals surface area contributed by atoms with Crippen LogP contribution in [0, 0.1) is 17.2 Å². The number of thiophene rings is 1. The van der Waals surface area contributed by atoms with Crippen LogP contribution in [0.2, 0.25) is 0 Å². The molecule has 29 heavy (non-hydrogen) atoms. The summed E-state index contributed by atoms with van der Waals surface area (Å²) >= 11 is 1.45. The number of anilines is 1. The summed E-state index contributed by atoms with van der Waals surface area (Å²) in [7, 11) is 0. The molecule has 4 rings (SSSR count). The Morgan fingerprint density at radius 2 is 2.24 bits per heavy atom. The van der Waals surface area contributed by atoms with Gasteiger partial charge in [-0.2, -0.15) is 5.26 Å². The van der Waals surface area contributed by atoms with E-state index in [0.717, 1.165) is 35.9 Å². The van der Waals surface area contributed by atoms with E-state index in [0.29, 0.717) is 16.5 Å². The number of ether oxygens (including phenoxy) is 1. The lowest BCUT2D eigenvalue weighted by molar-refractivity contribution is -0.147. The van der Waals surface area contributed by atoms with Crippen molar-refractivity contribution in [3.63, 3.8) is 0 Å². The highest BCUT2D eigenvalue weighted by Gasteiger charge is 2.24. The minimum Gasteiger partial charge on any atom is -0.454 e. The van der Waals surface area contributed by atoms with Crippen molar-refractivity contribution in [1.82, 2.24) is 9.55 Å². The summed E-state index contributed by atoms with van der Waals surface area (Å²) in [6.45, 7) is 1.77. The number of nitriles is 1. The number of hydrogen-bond donors (Lipinski definition) is 1. The Morgan fingerprint density at radius 3 is 3.07 bits per heavy atom. The summed E-state index contributed by atoms with van der Waals surface area (Å²) < 4.78 is 6.79. The molecule has 7 nitrogen and oxygen atoms in total. The lowest BCUT2D eigenvalue weighted by Gasteiger charge is -2.17. The summed E-state index contributed by atoms with van der Waals surface area (Å²) in [5, 5.41) is 12.8. The second-order valence-electron chi connectivity index (χ2n) is 7.24. The molecule has 0 spiro atoms. The SMILES string of the molecule is C[C@@H]1CCc2c(sc(NC(=O)COC(=O)Cn3cnc4ccccc43)c2C#N)C1. The molecule has 1 aliphatic carbocycles. The lowest BCUT2D eigenvalue weighted by Crippen LogP contribution is -2.22. The third-order valence-electron chi connectivity index (χ3n) is 5.07. The number of hydrogen-bond acceptors (Lipinski definition) is 6. The van der Waals surface area contributed by atoms with Gasteiger partial charge in [0.1, 0.15) is 17.6 Å². The van der Waals surface area contributed by atoms with Crippen molar-refractivity contribution in [3.8, 4) is 6.07 Å². The zero-order chi connectivity index (χ0) is 20.4. The van der Waals surface area contributed by atoms with E-state index in [1.807, 2.05) is 24.3 Å². The fraction of sp³-hybridized carbons (Fsp3) is 0.333. The summed E-state index contributed by atoms with van der Waals surface area (Å²) in [6, 6.07) is 9.68. The van der Waals surface area contributed by atoms with E-state index >= 15 is 0 Å². The molecule has 0 fully saturated rings. The van der Waals surface area contributed by atoms with Gasteiger partial charge in [0.2, 0.25) is 0 Å². The van der Waals surface area contributed by atoms with Gasteiger partial charge < -0.3 is 14.6 Å². The highest BCUT2D eigenvalue weighted by molar-refractivity contribution is 7.16. The molecule has 0 saturated carbocycles. The number of nitrogens with one attached hydrogen (secondary N) is 1. The Balaban J connectivity index is 1.36. The second kappa shape index (κ2) is 8.05. The van der Waals surface area contributed by atoms with Gasteiger partial charge >= 0.3 is 5.97 Å². The number of para-hydroxylation sites is 2. The molecule has 1 N–H and O–H groups in total. The number of imidazole rings is 1. The fourth-order valence-corrected chi connectivity index (χ4v) is 4.96. The quantitative estimate of drug-likeness (QED) is 0.654. The molecule has 1 aliphatic rings. The summed E-state index contributed by atoms with van der Waals surface area (Å²) in [5.74, 6) is -0.392. The number of fused-ring (bicyclic) bond motifs is 2. The van der Waals surface area contributed by atoms with Crippen molar-refractivity contribution in [1.29, 1.82) is 5.26 Å². The van der Waals surface area contributed by atoms with Crippen molar-refractivity contribution < 1.29 is 14.3 Å². The number of esters is 1. The summed E-state index contributed by atoms with van der Waals surface area (Å²) in [6.07, 6.45) is 4.41. The van der Waals surface area contributed by atoms with Gasteiger partial charge in [0.15, 0.2) is 6.61 Å². The normalized spacial score (nSPS) is 15.5. The van der Waals surface area contributed by atoms with Gasteiger partial charge in [-0.3, -0.25) is 9.59 Å². The van der Waals surface area contributed by atoms with E-state index in [4.69, 9.17) is 4.74 Å². The first-order valence-corrected chi connectivity index (χ1v) is 10.3. The minimum absolute atomic E-state index is 0.0254. The van der Waals surface area contributed by atoms with Crippen LogP contribution < -0.4 is 5.32 Å². The number of carbonyl (C=O) groups is 2. The average Bonchev–Trinajstić information content (AvgIpc) is 3.26. The molecule has 0 bridgehead atoms. The second-order valence-corrected chi connectivity index (χ2v) is 8.34. The number of benzene rings is 1. The molecule has 3 aromatic rings. The van der Waals surface area contributed by atoms with Gasteiger partial charge in [0.05, 0.1) is 22.9 Å². The number of carbonyl (C=O) groups excluding carboxylic acids is 2. The molecule has 8 heteroatoms. The molecule has 1 amide bonds. The van der Waals surface area contributed by atoms with Crippen LogP contribution in [-0.2, 0) is 33.7 Å². The van der Waals surface area contributed by atoms with E-state index in [9.17, 15) is 14.9 Å². The van der Waals surface area contributed by atoms with Gasteiger partial charge in [0, 0.05) is 4.88 Å². The van der Waals surface area contributed by atoms with E-state index in [-0.39, 0.29) is 6.54 Å². The maximum absolute atomic E-state index is 12.3. The molecule has 1 aromatic carbocycles. The van der Waals surface area contributed by atoms with Crippen LogP contribution in [0.5, 0.6) is 0 Å². The van der Waals surface area contributed by atoms with Crippen LogP contribution in [-0.4, -0.2) is 28.0 Å². The van der Waals surface area contributed by atoms with Crippen molar-refractivity contribution >= 4 is 39.2 Å². The predicted octanol–water partition coefficient (Wildman–Crippen LogP) is 3.28. The number of rotatable bonds is 5. The van der Waals surface area contributed by atoms with E-state index in [2.05, 4.69) is 23.3 Å². The summed E-state index contributed by atoms with van der Waals surface area (Å²) in [4.78, 5) is 29.8. The van der Waals surface area contributed by atoms with Gasteiger partial charge in [-0.05, 0) is 42.9 Å². The zero-order valence-electron chi connectivity index (χ0n) is 16.0. The lowest BCUT2D eigenvalue weighted by atomic mass is 9.89. The van der Waals surface area contributed by atoms with Crippen LogP contribution in [0.3, 0.4) is 0 Å². The van der Waals surface area contributed by atoms with Gasteiger partial charge in [-0.1, -0.05) is 19.1 Å². The fourth-order valence-electron chi connectivity index (χ4n) is 3.59. The Bertz CT molecular complexity index is 1120. The molecule has 0 aliphatic heterocycles. The molecule has 0 unspecified atom stereocenters.